The van der Waals surface area contributed by atoms with Crippen molar-refractivity contribution >= 4 is 38.6 Å². The van der Waals surface area contributed by atoms with Gasteiger partial charge in [0.05, 0.1) is 5.39 Å². The van der Waals surface area contributed by atoms with E-state index in [1.165, 1.54) is 0 Å². The molecule has 5 heteroatoms. The molecular formula is C9H9BrClN3. The van der Waals surface area contributed by atoms with Gasteiger partial charge in [-0.15, -0.1) is 0 Å². The fourth-order valence-corrected chi connectivity index (χ4v) is 2.48. The van der Waals surface area contributed by atoms with Crippen LogP contribution in [0.4, 0.5) is 0 Å². The van der Waals surface area contributed by atoms with Gasteiger partial charge in [0.2, 0.25) is 0 Å². The Balaban J connectivity index is 2.89. The van der Waals surface area contributed by atoms with Gasteiger partial charge >= 0.3 is 0 Å². The number of hydrogen-bond acceptors (Lipinski definition) is 2. The van der Waals surface area contributed by atoms with Gasteiger partial charge in [0, 0.05) is 17.2 Å². The van der Waals surface area contributed by atoms with Gasteiger partial charge < -0.3 is 4.57 Å². The molecule has 2 rings (SSSR count). The van der Waals surface area contributed by atoms with Crippen molar-refractivity contribution in [2.45, 2.75) is 20.4 Å². The lowest BCUT2D eigenvalue weighted by atomic mass is 10.4. The summed E-state index contributed by atoms with van der Waals surface area (Å²) in [5.41, 5.74) is 0.886. The number of hydrogen-bond donors (Lipinski definition) is 0. The normalized spacial score (nSPS) is 11.1. The van der Waals surface area contributed by atoms with Gasteiger partial charge in [-0.1, -0.05) is 11.6 Å². The van der Waals surface area contributed by atoms with Crippen LogP contribution >= 0.6 is 27.5 Å². The maximum Gasteiger partial charge on any atom is 0.146 e. The van der Waals surface area contributed by atoms with E-state index in [0.717, 1.165) is 22.1 Å². The number of halogens is 2. The smallest absolute Gasteiger partial charge is 0.146 e. The summed E-state index contributed by atoms with van der Waals surface area (Å²) in [6, 6.07) is 0. The van der Waals surface area contributed by atoms with Gasteiger partial charge in [-0.2, -0.15) is 0 Å². The third-order valence-electron chi connectivity index (χ3n) is 2.08. The molecule has 0 spiro atoms. The summed E-state index contributed by atoms with van der Waals surface area (Å²) in [6.07, 6.45) is 1.98. The molecule has 0 N–H and O–H groups in total. The predicted octanol–water partition coefficient (Wildman–Crippen LogP) is 3.18. The first-order valence-electron chi connectivity index (χ1n) is 4.32. The molecule has 0 radical (unpaired) electrons. The Morgan fingerprint density at radius 2 is 2.21 bits per heavy atom. The zero-order chi connectivity index (χ0) is 10.3. The summed E-state index contributed by atoms with van der Waals surface area (Å²) in [5, 5.41) is 1.39. The van der Waals surface area contributed by atoms with Crippen LogP contribution < -0.4 is 0 Å². The fourth-order valence-electron chi connectivity index (χ4n) is 1.44. The number of fused-ring (bicyclic) bond motifs is 1. The molecule has 2 aromatic rings. The van der Waals surface area contributed by atoms with Crippen molar-refractivity contribution in [3.05, 3.63) is 21.6 Å². The molecule has 0 aromatic carbocycles. The minimum Gasteiger partial charge on any atom is -0.331 e. The van der Waals surface area contributed by atoms with Crippen LogP contribution in [0.2, 0.25) is 5.15 Å². The predicted molar refractivity (Wildman–Crippen MR) is 60.6 cm³/mol. The lowest BCUT2D eigenvalue weighted by molar-refractivity contribution is 0.783. The molecule has 0 atom stereocenters. The van der Waals surface area contributed by atoms with E-state index in [4.69, 9.17) is 11.6 Å². The molecule has 0 bridgehead atoms. The Hall–Kier alpha value is -0.610. The summed E-state index contributed by atoms with van der Waals surface area (Å²) < 4.78 is 2.99. The Labute approximate surface area is 95.2 Å². The standard InChI is InChI=1S/C9H9BrClN3/c1-3-14-4-6(10)7-8(11)12-5(2)13-9(7)14/h4H,3H2,1-2H3. The Kier molecular flexibility index (Phi) is 2.49. The lowest BCUT2D eigenvalue weighted by Crippen LogP contribution is -1.96. The molecule has 0 saturated heterocycles. The van der Waals surface area contributed by atoms with Crippen LogP contribution in [0.15, 0.2) is 10.7 Å². The van der Waals surface area contributed by atoms with E-state index in [0.29, 0.717) is 11.0 Å². The third kappa shape index (κ3) is 1.42. The van der Waals surface area contributed by atoms with E-state index >= 15 is 0 Å². The van der Waals surface area contributed by atoms with Crippen molar-refractivity contribution in [1.82, 2.24) is 14.5 Å². The summed E-state index contributed by atoms with van der Waals surface area (Å²) in [6.45, 7) is 4.78. The summed E-state index contributed by atoms with van der Waals surface area (Å²) in [4.78, 5) is 8.49. The first-order valence-corrected chi connectivity index (χ1v) is 5.49. The first-order chi connectivity index (χ1) is 6.63. The zero-order valence-electron chi connectivity index (χ0n) is 7.88. The molecule has 0 aliphatic heterocycles. The number of aromatic nitrogens is 3. The van der Waals surface area contributed by atoms with Crippen molar-refractivity contribution in [1.29, 1.82) is 0 Å². The monoisotopic (exact) mass is 273 g/mol. The van der Waals surface area contributed by atoms with Crippen LogP contribution in [-0.2, 0) is 6.54 Å². The topological polar surface area (TPSA) is 30.7 Å². The highest BCUT2D eigenvalue weighted by molar-refractivity contribution is 9.10. The van der Waals surface area contributed by atoms with E-state index in [-0.39, 0.29) is 0 Å². The van der Waals surface area contributed by atoms with Gasteiger partial charge in [-0.05, 0) is 29.8 Å². The molecule has 0 amide bonds. The third-order valence-corrected chi connectivity index (χ3v) is 2.95. The van der Waals surface area contributed by atoms with Gasteiger partial charge in [0.15, 0.2) is 0 Å². The molecular weight excluding hydrogens is 265 g/mol. The van der Waals surface area contributed by atoms with Crippen molar-refractivity contribution in [2.24, 2.45) is 0 Å². The second-order valence-electron chi connectivity index (χ2n) is 3.02. The fraction of sp³-hybridized carbons (Fsp3) is 0.333. The van der Waals surface area contributed by atoms with Crippen molar-refractivity contribution < 1.29 is 0 Å². The van der Waals surface area contributed by atoms with Crippen molar-refractivity contribution in [3.63, 3.8) is 0 Å². The second kappa shape index (κ2) is 3.51. The van der Waals surface area contributed by atoms with Crippen LogP contribution in [0.25, 0.3) is 11.0 Å². The minimum atomic E-state index is 0.506. The van der Waals surface area contributed by atoms with E-state index in [9.17, 15) is 0 Å². The maximum atomic E-state index is 6.04. The van der Waals surface area contributed by atoms with Gasteiger partial charge in [0.25, 0.3) is 0 Å². The average molecular weight is 275 g/mol. The van der Waals surface area contributed by atoms with Gasteiger partial charge in [0.1, 0.15) is 16.6 Å². The Morgan fingerprint density at radius 1 is 1.50 bits per heavy atom. The van der Waals surface area contributed by atoms with E-state index in [1.807, 2.05) is 17.7 Å². The van der Waals surface area contributed by atoms with Crippen LogP contribution in [0.3, 0.4) is 0 Å². The molecule has 0 unspecified atom stereocenters. The van der Waals surface area contributed by atoms with Gasteiger partial charge in [-0.3, -0.25) is 0 Å². The quantitative estimate of drug-likeness (QED) is 0.748. The van der Waals surface area contributed by atoms with Crippen LogP contribution in [-0.4, -0.2) is 14.5 Å². The molecule has 0 fully saturated rings. The number of nitrogens with zero attached hydrogens (tertiary/aromatic N) is 3. The number of aryl methyl sites for hydroxylation is 2. The summed E-state index contributed by atoms with van der Waals surface area (Å²) >= 11 is 9.49. The second-order valence-corrected chi connectivity index (χ2v) is 4.24. The van der Waals surface area contributed by atoms with Crippen LogP contribution in [0.5, 0.6) is 0 Å². The average Bonchev–Trinajstić information content (AvgIpc) is 2.42. The molecule has 3 nitrogen and oxygen atoms in total. The highest BCUT2D eigenvalue weighted by Gasteiger charge is 2.12. The van der Waals surface area contributed by atoms with Crippen LogP contribution in [0.1, 0.15) is 12.7 Å². The lowest BCUT2D eigenvalue weighted by Gasteiger charge is -2.00. The highest BCUT2D eigenvalue weighted by atomic mass is 79.9. The Bertz CT molecular complexity index is 492. The number of rotatable bonds is 1. The summed E-state index contributed by atoms with van der Waals surface area (Å²) in [7, 11) is 0. The van der Waals surface area contributed by atoms with Gasteiger partial charge in [-0.25, -0.2) is 9.97 Å². The molecule has 0 aliphatic rings. The maximum absolute atomic E-state index is 6.04. The summed E-state index contributed by atoms with van der Waals surface area (Å²) in [5.74, 6) is 0.697. The molecule has 0 saturated carbocycles. The largest absolute Gasteiger partial charge is 0.331 e. The van der Waals surface area contributed by atoms with Crippen molar-refractivity contribution in [3.8, 4) is 0 Å². The SMILES string of the molecule is CCn1cc(Br)c2c(Cl)nc(C)nc21. The van der Waals surface area contributed by atoms with E-state index < -0.39 is 0 Å². The van der Waals surface area contributed by atoms with E-state index in [1.54, 1.807) is 0 Å². The molecule has 2 aromatic heterocycles. The zero-order valence-corrected chi connectivity index (χ0v) is 10.2. The highest BCUT2D eigenvalue weighted by Crippen LogP contribution is 2.29. The molecule has 74 valence electrons. The first kappa shape index (κ1) is 9.93. The molecule has 2 heterocycles. The molecule has 0 aliphatic carbocycles. The van der Waals surface area contributed by atoms with E-state index in [2.05, 4.69) is 32.8 Å². The Morgan fingerprint density at radius 3 is 2.86 bits per heavy atom. The van der Waals surface area contributed by atoms with Crippen LogP contribution in [0, 0.1) is 6.92 Å². The molecule has 14 heavy (non-hydrogen) atoms. The minimum absolute atomic E-state index is 0.506. The van der Waals surface area contributed by atoms with Crippen molar-refractivity contribution in [2.75, 3.05) is 0 Å².